The van der Waals surface area contributed by atoms with Crippen LogP contribution in [-0.2, 0) is 14.3 Å². The Morgan fingerprint density at radius 1 is 1.50 bits per heavy atom. The lowest BCUT2D eigenvalue weighted by atomic mass is 10.1. The molecule has 0 N–H and O–H groups in total. The van der Waals surface area contributed by atoms with E-state index in [1.165, 1.54) is 18.2 Å². The van der Waals surface area contributed by atoms with Crippen molar-refractivity contribution in [2.75, 3.05) is 6.61 Å². The average Bonchev–Trinajstić information content (AvgIpc) is 2.28. The molecule has 0 saturated carbocycles. The smallest absolute Gasteiger partial charge is 0.340 e. The Bertz CT molecular complexity index is 470. The number of esters is 1. The zero-order chi connectivity index (χ0) is 13.3. The molecular formula is C13H15FO4. The molecule has 1 aromatic rings. The van der Waals surface area contributed by atoms with Gasteiger partial charge in [0.1, 0.15) is 11.6 Å². The SMILES string of the molecule is CCOC(=O)C1OC(C)(C)Oc2ccc(F)cc21. The number of hydrogen-bond donors (Lipinski definition) is 0. The average molecular weight is 254 g/mol. The van der Waals surface area contributed by atoms with E-state index in [2.05, 4.69) is 0 Å². The summed E-state index contributed by atoms with van der Waals surface area (Å²) in [5.74, 6) is -1.51. The fraction of sp³-hybridized carbons (Fsp3) is 0.462. The van der Waals surface area contributed by atoms with E-state index < -0.39 is 23.7 Å². The third-order valence-corrected chi connectivity index (χ3v) is 2.51. The Kier molecular flexibility index (Phi) is 3.26. The van der Waals surface area contributed by atoms with E-state index in [1.807, 2.05) is 0 Å². The maximum absolute atomic E-state index is 13.2. The second-order valence-corrected chi connectivity index (χ2v) is 4.43. The van der Waals surface area contributed by atoms with Crippen LogP contribution in [0.1, 0.15) is 32.4 Å². The first-order valence-corrected chi connectivity index (χ1v) is 5.76. The van der Waals surface area contributed by atoms with Crippen LogP contribution in [0.15, 0.2) is 18.2 Å². The molecule has 1 aliphatic heterocycles. The van der Waals surface area contributed by atoms with E-state index in [0.717, 1.165) is 0 Å². The van der Waals surface area contributed by atoms with Crippen LogP contribution < -0.4 is 4.74 Å². The van der Waals surface area contributed by atoms with Crippen molar-refractivity contribution in [3.05, 3.63) is 29.6 Å². The van der Waals surface area contributed by atoms with Gasteiger partial charge >= 0.3 is 5.97 Å². The molecule has 1 unspecified atom stereocenters. The highest BCUT2D eigenvalue weighted by Crippen LogP contribution is 2.39. The second kappa shape index (κ2) is 4.57. The number of ether oxygens (including phenoxy) is 3. The lowest BCUT2D eigenvalue weighted by Crippen LogP contribution is -2.40. The van der Waals surface area contributed by atoms with Crippen LogP contribution >= 0.6 is 0 Å². The van der Waals surface area contributed by atoms with Crippen LogP contribution in [0.4, 0.5) is 4.39 Å². The van der Waals surface area contributed by atoms with Gasteiger partial charge in [0, 0.05) is 19.4 Å². The van der Waals surface area contributed by atoms with Crippen molar-refractivity contribution < 1.29 is 23.4 Å². The third kappa shape index (κ3) is 2.46. The Balaban J connectivity index is 2.41. The fourth-order valence-electron chi connectivity index (χ4n) is 1.85. The molecule has 0 aliphatic carbocycles. The number of rotatable bonds is 2. The first-order valence-electron chi connectivity index (χ1n) is 5.76. The lowest BCUT2D eigenvalue weighted by Gasteiger charge is -2.36. The molecule has 0 spiro atoms. The first kappa shape index (κ1) is 12.8. The van der Waals surface area contributed by atoms with E-state index >= 15 is 0 Å². The molecule has 1 heterocycles. The second-order valence-electron chi connectivity index (χ2n) is 4.43. The van der Waals surface area contributed by atoms with Crippen LogP contribution in [0.2, 0.25) is 0 Å². The molecule has 0 aromatic heterocycles. The van der Waals surface area contributed by atoms with Gasteiger partial charge in [-0.3, -0.25) is 0 Å². The molecule has 98 valence electrons. The summed E-state index contributed by atoms with van der Waals surface area (Å²) in [7, 11) is 0. The molecule has 5 heteroatoms. The maximum atomic E-state index is 13.2. The van der Waals surface area contributed by atoms with Gasteiger partial charge in [-0.25, -0.2) is 9.18 Å². The highest BCUT2D eigenvalue weighted by molar-refractivity contribution is 5.78. The van der Waals surface area contributed by atoms with Gasteiger partial charge < -0.3 is 14.2 Å². The van der Waals surface area contributed by atoms with Crippen LogP contribution in [0.25, 0.3) is 0 Å². The van der Waals surface area contributed by atoms with Gasteiger partial charge in [0.25, 0.3) is 0 Å². The Labute approximate surface area is 105 Å². The quantitative estimate of drug-likeness (QED) is 0.761. The van der Waals surface area contributed by atoms with Gasteiger partial charge in [-0.1, -0.05) is 0 Å². The monoisotopic (exact) mass is 254 g/mol. The van der Waals surface area contributed by atoms with Crippen molar-refractivity contribution in [2.24, 2.45) is 0 Å². The third-order valence-electron chi connectivity index (χ3n) is 2.51. The standard InChI is InChI=1S/C13H15FO4/c1-4-16-12(15)11-9-7-8(14)5-6-10(9)17-13(2,3)18-11/h5-7,11H,4H2,1-3H3. The maximum Gasteiger partial charge on any atom is 0.340 e. The Morgan fingerprint density at radius 2 is 2.22 bits per heavy atom. The first-order chi connectivity index (χ1) is 8.43. The Morgan fingerprint density at radius 3 is 2.89 bits per heavy atom. The highest BCUT2D eigenvalue weighted by atomic mass is 19.1. The van der Waals surface area contributed by atoms with Gasteiger partial charge in [-0.05, 0) is 25.1 Å². The zero-order valence-electron chi connectivity index (χ0n) is 10.5. The van der Waals surface area contributed by atoms with Crippen molar-refractivity contribution in [3.8, 4) is 5.75 Å². The number of carbonyl (C=O) groups is 1. The van der Waals surface area contributed by atoms with Gasteiger partial charge in [-0.15, -0.1) is 0 Å². The van der Waals surface area contributed by atoms with Crippen molar-refractivity contribution >= 4 is 5.97 Å². The minimum absolute atomic E-state index is 0.241. The van der Waals surface area contributed by atoms with Crippen LogP contribution in [0.5, 0.6) is 5.75 Å². The molecular weight excluding hydrogens is 239 g/mol. The van der Waals surface area contributed by atoms with Crippen molar-refractivity contribution in [3.63, 3.8) is 0 Å². The number of hydrogen-bond acceptors (Lipinski definition) is 4. The van der Waals surface area contributed by atoms with Gasteiger partial charge in [0.15, 0.2) is 6.10 Å². The topological polar surface area (TPSA) is 44.8 Å². The molecule has 2 rings (SSSR count). The Hall–Kier alpha value is -1.62. The lowest BCUT2D eigenvalue weighted by molar-refractivity contribution is -0.219. The predicted octanol–water partition coefficient (Wildman–Crippen LogP) is 2.58. The zero-order valence-corrected chi connectivity index (χ0v) is 10.5. The molecule has 1 atom stereocenters. The van der Waals surface area contributed by atoms with Gasteiger partial charge in [0.2, 0.25) is 5.79 Å². The highest BCUT2D eigenvalue weighted by Gasteiger charge is 2.39. The molecule has 1 aliphatic rings. The van der Waals surface area contributed by atoms with Crippen molar-refractivity contribution in [1.29, 1.82) is 0 Å². The summed E-state index contributed by atoms with van der Waals surface area (Å²) in [5, 5.41) is 0. The molecule has 0 amide bonds. The number of benzene rings is 1. The van der Waals surface area contributed by atoms with E-state index in [0.29, 0.717) is 11.3 Å². The number of halogens is 1. The molecule has 0 saturated heterocycles. The predicted molar refractivity (Wildman–Crippen MR) is 61.6 cm³/mol. The summed E-state index contributed by atoms with van der Waals surface area (Å²) in [6, 6.07) is 4.00. The summed E-state index contributed by atoms with van der Waals surface area (Å²) in [6.45, 7) is 5.32. The molecule has 4 nitrogen and oxygen atoms in total. The largest absolute Gasteiger partial charge is 0.464 e. The van der Waals surface area contributed by atoms with Crippen LogP contribution in [0, 0.1) is 5.82 Å². The molecule has 0 fully saturated rings. The summed E-state index contributed by atoms with van der Waals surface area (Å²) in [4.78, 5) is 11.8. The minimum Gasteiger partial charge on any atom is -0.464 e. The molecule has 18 heavy (non-hydrogen) atoms. The van der Waals surface area contributed by atoms with Gasteiger partial charge in [0.05, 0.1) is 6.61 Å². The van der Waals surface area contributed by atoms with E-state index in [-0.39, 0.29) is 6.61 Å². The number of fused-ring (bicyclic) bond motifs is 1. The van der Waals surface area contributed by atoms with Crippen molar-refractivity contribution in [2.45, 2.75) is 32.7 Å². The molecule has 1 aromatic carbocycles. The summed E-state index contributed by atoms with van der Waals surface area (Å²) in [6.07, 6.45) is -0.959. The molecule has 0 radical (unpaired) electrons. The minimum atomic E-state index is -0.959. The van der Waals surface area contributed by atoms with E-state index in [4.69, 9.17) is 14.2 Å². The normalized spacial score (nSPS) is 20.8. The van der Waals surface area contributed by atoms with E-state index in [1.54, 1.807) is 20.8 Å². The summed E-state index contributed by atoms with van der Waals surface area (Å²) >= 11 is 0. The number of carbonyl (C=O) groups excluding carboxylic acids is 1. The molecule has 0 bridgehead atoms. The fourth-order valence-corrected chi connectivity index (χ4v) is 1.85. The van der Waals surface area contributed by atoms with Crippen LogP contribution in [0.3, 0.4) is 0 Å². The summed E-state index contributed by atoms with van der Waals surface area (Å²) in [5.41, 5.74) is 0.354. The van der Waals surface area contributed by atoms with Crippen LogP contribution in [-0.4, -0.2) is 18.4 Å². The van der Waals surface area contributed by atoms with Gasteiger partial charge in [-0.2, -0.15) is 0 Å². The van der Waals surface area contributed by atoms with E-state index in [9.17, 15) is 9.18 Å². The van der Waals surface area contributed by atoms with Crippen molar-refractivity contribution in [1.82, 2.24) is 0 Å². The summed E-state index contributed by atoms with van der Waals surface area (Å²) < 4.78 is 29.2.